The van der Waals surface area contributed by atoms with E-state index in [1.807, 2.05) is 36.5 Å². The van der Waals surface area contributed by atoms with Crippen molar-refractivity contribution in [3.63, 3.8) is 0 Å². The molecule has 2 heterocycles. The summed E-state index contributed by atoms with van der Waals surface area (Å²) in [6.07, 6.45) is 5.68. The smallest absolute Gasteiger partial charge is 0.210 e. The van der Waals surface area contributed by atoms with Crippen LogP contribution in [-0.2, 0) is 13.0 Å². The van der Waals surface area contributed by atoms with Gasteiger partial charge in [0, 0.05) is 42.4 Å². The number of imidazole rings is 1. The van der Waals surface area contributed by atoms with Crippen LogP contribution in [0.4, 0.5) is 0 Å². The van der Waals surface area contributed by atoms with Crippen LogP contribution in [0.15, 0.2) is 47.2 Å². The number of rotatable bonds is 6. The lowest BCUT2D eigenvalue weighted by atomic mass is 10.2. The molecule has 6 heteroatoms. The van der Waals surface area contributed by atoms with Gasteiger partial charge in [-0.25, -0.2) is 4.98 Å². The number of aromatic nitrogens is 3. The molecule has 2 unspecified atom stereocenters. The zero-order chi connectivity index (χ0) is 18.6. The topological polar surface area (TPSA) is 79.1 Å². The van der Waals surface area contributed by atoms with Crippen LogP contribution in [0.5, 0.6) is 5.75 Å². The molecule has 1 fully saturated rings. The zero-order valence-electron chi connectivity index (χ0n) is 15.3. The third-order valence-corrected chi connectivity index (χ3v) is 4.63. The largest absolute Gasteiger partial charge is 0.493 e. The fraction of sp³-hybridized carbons (Fsp3) is 0.333. The Morgan fingerprint density at radius 3 is 2.85 bits per heavy atom. The van der Waals surface area contributed by atoms with E-state index in [2.05, 4.69) is 33.5 Å². The summed E-state index contributed by atoms with van der Waals surface area (Å²) in [6.45, 7) is 3.39. The van der Waals surface area contributed by atoms with Gasteiger partial charge >= 0.3 is 0 Å². The summed E-state index contributed by atoms with van der Waals surface area (Å²) in [5.41, 5.74) is 7.51. The number of nitrogens with two attached hydrogens (primary N) is 1. The average molecular weight is 362 g/mol. The lowest BCUT2D eigenvalue weighted by molar-refractivity contribution is 0.297. The highest BCUT2D eigenvalue weighted by Crippen LogP contribution is 2.28. The van der Waals surface area contributed by atoms with Crippen molar-refractivity contribution >= 4 is 0 Å². The Morgan fingerprint density at radius 2 is 2.11 bits per heavy atom. The molecule has 0 spiro atoms. The van der Waals surface area contributed by atoms with Crippen molar-refractivity contribution in [3.8, 4) is 17.6 Å². The molecule has 2 N–H and O–H groups in total. The first kappa shape index (κ1) is 17.4. The average Bonchev–Trinajstić information content (AvgIpc) is 3.06. The first-order valence-electron chi connectivity index (χ1n) is 9.17. The standard InChI is InChI=1S/C21H22N4O2/c1-2-21-23-9-10-25(21)13-17-12-19(27-24-17)8-5-15-3-6-18(7-4-15)26-14-16-11-20(16)22/h3-4,6-7,9-10,12,16,20H,2,11,13-14,22H2,1H3. The molecule has 1 aliphatic carbocycles. The van der Waals surface area contributed by atoms with Gasteiger partial charge in [-0.1, -0.05) is 18.0 Å². The summed E-state index contributed by atoms with van der Waals surface area (Å²) in [4.78, 5) is 4.31. The van der Waals surface area contributed by atoms with Crippen LogP contribution >= 0.6 is 0 Å². The molecule has 27 heavy (non-hydrogen) atoms. The van der Waals surface area contributed by atoms with Crippen LogP contribution in [0.25, 0.3) is 0 Å². The van der Waals surface area contributed by atoms with Crippen molar-refractivity contribution in [2.24, 2.45) is 11.7 Å². The van der Waals surface area contributed by atoms with E-state index in [0.29, 0.717) is 30.9 Å². The van der Waals surface area contributed by atoms with Crippen LogP contribution in [-0.4, -0.2) is 27.4 Å². The number of aryl methyl sites for hydroxylation is 1. The molecular formula is C21H22N4O2. The van der Waals surface area contributed by atoms with Gasteiger partial charge in [-0.15, -0.1) is 0 Å². The molecule has 1 aromatic carbocycles. The third kappa shape index (κ3) is 4.39. The maximum Gasteiger partial charge on any atom is 0.210 e. The Bertz CT molecular complexity index is 962. The molecule has 138 valence electrons. The monoisotopic (exact) mass is 362 g/mol. The van der Waals surface area contributed by atoms with Crippen molar-refractivity contribution in [2.45, 2.75) is 32.4 Å². The highest BCUT2D eigenvalue weighted by molar-refractivity contribution is 5.41. The van der Waals surface area contributed by atoms with Crippen LogP contribution in [0.3, 0.4) is 0 Å². The molecule has 0 bridgehead atoms. The van der Waals surface area contributed by atoms with E-state index in [9.17, 15) is 0 Å². The second kappa shape index (κ2) is 7.68. The SMILES string of the molecule is CCc1nccn1Cc1cc(C#Cc2ccc(OCC3CC3N)cc2)on1. The Morgan fingerprint density at radius 1 is 1.30 bits per heavy atom. The molecule has 2 atom stereocenters. The molecule has 6 nitrogen and oxygen atoms in total. The highest BCUT2D eigenvalue weighted by atomic mass is 16.5. The van der Waals surface area contributed by atoms with Crippen molar-refractivity contribution < 1.29 is 9.26 Å². The summed E-state index contributed by atoms with van der Waals surface area (Å²) in [6, 6.07) is 9.90. The number of benzene rings is 1. The molecule has 0 radical (unpaired) electrons. The lowest BCUT2D eigenvalue weighted by Crippen LogP contribution is -2.08. The minimum atomic E-state index is 0.310. The number of hydrogen-bond acceptors (Lipinski definition) is 5. The van der Waals surface area contributed by atoms with E-state index in [1.165, 1.54) is 0 Å². The van der Waals surface area contributed by atoms with E-state index in [0.717, 1.165) is 35.7 Å². The maximum atomic E-state index is 5.79. The molecule has 4 rings (SSSR count). The summed E-state index contributed by atoms with van der Waals surface area (Å²) in [5.74, 6) is 9.02. The second-order valence-corrected chi connectivity index (χ2v) is 6.75. The minimum Gasteiger partial charge on any atom is -0.493 e. The normalized spacial score (nSPS) is 18.0. The first-order valence-corrected chi connectivity index (χ1v) is 9.17. The summed E-state index contributed by atoms with van der Waals surface area (Å²) in [5, 5.41) is 4.09. The van der Waals surface area contributed by atoms with E-state index in [4.69, 9.17) is 15.0 Å². The molecule has 1 saturated carbocycles. The maximum absolute atomic E-state index is 5.79. The highest BCUT2D eigenvalue weighted by Gasteiger charge is 2.33. The van der Waals surface area contributed by atoms with Gasteiger partial charge in [0.2, 0.25) is 5.76 Å². The van der Waals surface area contributed by atoms with E-state index >= 15 is 0 Å². The lowest BCUT2D eigenvalue weighted by Gasteiger charge is -2.04. The Labute approximate surface area is 158 Å². The van der Waals surface area contributed by atoms with Gasteiger partial charge in [-0.05, 0) is 36.6 Å². The van der Waals surface area contributed by atoms with Crippen LogP contribution in [0, 0.1) is 17.8 Å². The minimum absolute atomic E-state index is 0.310. The van der Waals surface area contributed by atoms with Gasteiger partial charge in [-0.3, -0.25) is 0 Å². The zero-order valence-corrected chi connectivity index (χ0v) is 15.3. The molecular weight excluding hydrogens is 340 g/mol. The van der Waals surface area contributed by atoms with Crippen molar-refractivity contribution in [1.29, 1.82) is 0 Å². The summed E-state index contributed by atoms with van der Waals surface area (Å²) in [7, 11) is 0. The van der Waals surface area contributed by atoms with Crippen LogP contribution < -0.4 is 10.5 Å². The van der Waals surface area contributed by atoms with E-state index in [-0.39, 0.29) is 0 Å². The predicted molar refractivity (Wildman–Crippen MR) is 101 cm³/mol. The second-order valence-electron chi connectivity index (χ2n) is 6.75. The van der Waals surface area contributed by atoms with Crippen molar-refractivity contribution in [3.05, 3.63) is 65.6 Å². The summed E-state index contributed by atoms with van der Waals surface area (Å²) >= 11 is 0. The quantitative estimate of drug-likeness (QED) is 0.682. The Kier molecular flexibility index (Phi) is 4.95. The molecule has 1 aliphatic rings. The van der Waals surface area contributed by atoms with Gasteiger partial charge in [0.1, 0.15) is 17.3 Å². The van der Waals surface area contributed by atoms with E-state index in [1.54, 1.807) is 6.20 Å². The Balaban J connectivity index is 1.35. The summed E-state index contributed by atoms with van der Waals surface area (Å²) < 4.78 is 13.1. The van der Waals surface area contributed by atoms with Crippen molar-refractivity contribution in [1.82, 2.24) is 14.7 Å². The number of nitrogens with zero attached hydrogens (tertiary/aromatic N) is 3. The predicted octanol–water partition coefficient (Wildman–Crippen LogP) is 2.61. The molecule has 0 aliphatic heterocycles. The fourth-order valence-electron chi connectivity index (χ4n) is 2.85. The Hall–Kier alpha value is -3.04. The molecule has 3 aromatic rings. The fourth-order valence-corrected chi connectivity index (χ4v) is 2.85. The van der Waals surface area contributed by atoms with Crippen LogP contribution in [0.1, 0.15) is 36.2 Å². The number of hydrogen-bond donors (Lipinski definition) is 1. The van der Waals surface area contributed by atoms with Gasteiger partial charge in [-0.2, -0.15) is 0 Å². The third-order valence-electron chi connectivity index (χ3n) is 4.63. The van der Waals surface area contributed by atoms with Gasteiger partial charge in [0.05, 0.1) is 13.2 Å². The van der Waals surface area contributed by atoms with E-state index < -0.39 is 0 Å². The molecule has 2 aromatic heterocycles. The first-order chi connectivity index (χ1) is 13.2. The van der Waals surface area contributed by atoms with Crippen LogP contribution in [0.2, 0.25) is 0 Å². The van der Waals surface area contributed by atoms with Gasteiger partial charge in [0.25, 0.3) is 0 Å². The number of ether oxygens (including phenoxy) is 1. The van der Waals surface area contributed by atoms with Gasteiger partial charge < -0.3 is 19.6 Å². The van der Waals surface area contributed by atoms with Crippen molar-refractivity contribution in [2.75, 3.05) is 6.61 Å². The molecule has 0 amide bonds. The van der Waals surface area contributed by atoms with Gasteiger partial charge in [0.15, 0.2) is 0 Å². The molecule has 0 saturated heterocycles.